The molecule has 0 bridgehead atoms. The van der Waals surface area contributed by atoms with Crippen molar-refractivity contribution in [2.24, 2.45) is 0 Å². The van der Waals surface area contributed by atoms with E-state index < -0.39 is 0 Å². The number of carbonyl (C=O) groups is 1. The van der Waals surface area contributed by atoms with E-state index >= 15 is 0 Å². The first-order valence-corrected chi connectivity index (χ1v) is 6.98. The number of ether oxygens (including phenoxy) is 2. The van der Waals surface area contributed by atoms with Crippen molar-refractivity contribution in [2.45, 2.75) is 32.2 Å². The van der Waals surface area contributed by atoms with Gasteiger partial charge in [-0.1, -0.05) is 6.92 Å². The minimum atomic E-state index is -0.112. The predicted octanol–water partition coefficient (Wildman–Crippen LogP) is 2.40. The van der Waals surface area contributed by atoms with E-state index in [-0.39, 0.29) is 12.1 Å². The SMILES string of the molecule is CCCNC(=O)NC1CCc2cc(OC)c(OC)cc21. The third kappa shape index (κ3) is 2.98. The van der Waals surface area contributed by atoms with E-state index in [1.165, 1.54) is 5.56 Å². The lowest BCUT2D eigenvalue weighted by Crippen LogP contribution is -2.37. The first-order chi connectivity index (χ1) is 9.69. The fourth-order valence-corrected chi connectivity index (χ4v) is 2.53. The van der Waals surface area contributed by atoms with Crippen LogP contribution in [0.1, 0.15) is 36.9 Å². The summed E-state index contributed by atoms with van der Waals surface area (Å²) < 4.78 is 10.6. The Morgan fingerprint density at radius 1 is 1.30 bits per heavy atom. The highest BCUT2D eigenvalue weighted by atomic mass is 16.5. The van der Waals surface area contributed by atoms with Crippen molar-refractivity contribution in [1.29, 1.82) is 0 Å². The third-order valence-corrected chi connectivity index (χ3v) is 3.56. The minimum Gasteiger partial charge on any atom is -0.493 e. The van der Waals surface area contributed by atoms with E-state index in [0.29, 0.717) is 12.3 Å². The van der Waals surface area contributed by atoms with Gasteiger partial charge in [0.1, 0.15) is 0 Å². The smallest absolute Gasteiger partial charge is 0.315 e. The topological polar surface area (TPSA) is 59.6 Å². The number of amides is 2. The molecule has 0 spiro atoms. The Morgan fingerprint density at radius 2 is 2.00 bits per heavy atom. The second-order valence-electron chi connectivity index (χ2n) is 4.90. The average Bonchev–Trinajstić information content (AvgIpc) is 2.85. The molecule has 5 nitrogen and oxygen atoms in total. The number of fused-ring (bicyclic) bond motifs is 1. The number of urea groups is 1. The maximum Gasteiger partial charge on any atom is 0.315 e. The van der Waals surface area contributed by atoms with E-state index in [1.54, 1.807) is 14.2 Å². The van der Waals surface area contributed by atoms with Crippen molar-refractivity contribution in [2.75, 3.05) is 20.8 Å². The van der Waals surface area contributed by atoms with Crippen molar-refractivity contribution < 1.29 is 14.3 Å². The summed E-state index contributed by atoms with van der Waals surface area (Å²) in [7, 11) is 3.25. The number of benzene rings is 1. The zero-order chi connectivity index (χ0) is 14.5. The summed E-state index contributed by atoms with van der Waals surface area (Å²) in [6, 6.07) is 3.90. The summed E-state index contributed by atoms with van der Waals surface area (Å²) in [5, 5.41) is 5.85. The van der Waals surface area contributed by atoms with E-state index in [4.69, 9.17) is 9.47 Å². The molecule has 0 aliphatic heterocycles. The monoisotopic (exact) mass is 278 g/mol. The van der Waals surface area contributed by atoms with Gasteiger partial charge in [0, 0.05) is 6.54 Å². The van der Waals surface area contributed by atoms with Crippen LogP contribution in [0.2, 0.25) is 0 Å². The first kappa shape index (κ1) is 14.5. The summed E-state index contributed by atoms with van der Waals surface area (Å²) in [5.74, 6) is 1.44. The van der Waals surface area contributed by atoms with Crippen molar-refractivity contribution in [1.82, 2.24) is 10.6 Å². The number of nitrogens with one attached hydrogen (secondary N) is 2. The number of carbonyl (C=O) groups excluding carboxylic acids is 1. The van der Waals surface area contributed by atoms with Crippen LogP contribution in [0.25, 0.3) is 0 Å². The van der Waals surface area contributed by atoms with E-state index in [1.807, 2.05) is 19.1 Å². The second kappa shape index (κ2) is 6.50. The molecule has 0 saturated heterocycles. The van der Waals surface area contributed by atoms with Gasteiger partial charge in [0.25, 0.3) is 0 Å². The van der Waals surface area contributed by atoms with Gasteiger partial charge in [0.05, 0.1) is 20.3 Å². The minimum absolute atomic E-state index is 0.0432. The van der Waals surface area contributed by atoms with Gasteiger partial charge in [-0.15, -0.1) is 0 Å². The molecule has 0 saturated carbocycles. The maximum absolute atomic E-state index is 11.8. The van der Waals surface area contributed by atoms with Gasteiger partial charge >= 0.3 is 6.03 Å². The lowest BCUT2D eigenvalue weighted by atomic mass is 10.1. The van der Waals surface area contributed by atoms with Crippen LogP contribution in [0, 0.1) is 0 Å². The van der Waals surface area contributed by atoms with Gasteiger partial charge in [-0.25, -0.2) is 4.79 Å². The number of hydrogen-bond donors (Lipinski definition) is 2. The standard InChI is InChI=1S/C15H22N2O3/c1-4-7-16-15(18)17-12-6-5-10-8-13(19-2)14(20-3)9-11(10)12/h8-9,12H,4-7H2,1-3H3,(H2,16,17,18). The van der Waals surface area contributed by atoms with Crippen LogP contribution in [0.15, 0.2) is 12.1 Å². The Kier molecular flexibility index (Phi) is 4.71. The van der Waals surface area contributed by atoms with Crippen LogP contribution in [0.3, 0.4) is 0 Å². The Labute approximate surface area is 119 Å². The highest BCUT2D eigenvalue weighted by Crippen LogP contribution is 2.39. The first-order valence-electron chi connectivity index (χ1n) is 6.98. The summed E-state index contributed by atoms with van der Waals surface area (Å²) >= 11 is 0. The lowest BCUT2D eigenvalue weighted by molar-refractivity contribution is 0.237. The van der Waals surface area contributed by atoms with Gasteiger partial charge in [-0.05, 0) is 42.5 Å². The van der Waals surface area contributed by atoms with Crippen LogP contribution in [0.4, 0.5) is 4.79 Å². The number of rotatable bonds is 5. The van der Waals surface area contributed by atoms with Gasteiger partial charge in [-0.2, -0.15) is 0 Å². The molecule has 20 heavy (non-hydrogen) atoms. The molecule has 0 aromatic heterocycles. The Hall–Kier alpha value is -1.91. The van der Waals surface area contributed by atoms with Crippen LogP contribution in [-0.4, -0.2) is 26.8 Å². The van der Waals surface area contributed by atoms with Crippen LogP contribution in [0.5, 0.6) is 11.5 Å². The molecule has 2 N–H and O–H groups in total. The van der Waals surface area contributed by atoms with E-state index in [2.05, 4.69) is 10.6 Å². The molecule has 110 valence electrons. The molecule has 2 amide bonds. The van der Waals surface area contributed by atoms with Crippen molar-refractivity contribution in [3.63, 3.8) is 0 Å². The normalized spacial score (nSPS) is 16.4. The fourth-order valence-electron chi connectivity index (χ4n) is 2.53. The molecule has 1 aliphatic carbocycles. The summed E-state index contributed by atoms with van der Waals surface area (Å²) in [6.07, 6.45) is 2.78. The molecule has 1 aromatic rings. The van der Waals surface area contributed by atoms with Crippen molar-refractivity contribution in [3.8, 4) is 11.5 Å². The van der Waals surface area contributed by atoms with Crippen LogP contribution in [-0.2, 0) is 6.42 Å². The second-order valence-corrected chi connectivity index (χ2v) is 4.90. The molecule has 2 rings (SSSR count). The van der Waals surface area contributed by atoms with Crippen molar-refractivity contribution >= 4 is 6.03 Å². The molecule has 1 aromatic carbocycles. The number of aryl methyl sites for hydroxylation is 1. The van der Waals surface area contributed by atoms with E-state index in [9.17, 15) is 4.79 Å². The van der Waals surface area contributed by atoms with Gasteiger partial charge in [0.2, 0.25) is 0 Å². The Bertz CT molecular complexity index is 488. The molecule has 1 aliphatic rings. The zero-order valence-electron chi connectivity index (χ0n) is 12.3. The number of methoxy groups -OCH3 is 2. The maximum atomic E-state index is 11.8. The summed E-state index contributed by atoms with van der Waals surface area (Å²) in [6.45, 7) is 2.72. The molecule has 0 heterocycles. The van der Waals surface area contributed by atoms with E-state index in [0.717, 1.165) is 30.6 Å². The number of hydrogen-bond acceptors (Lipinski definition) is 3. The third-order valence-electron chi connectivity index (χ3n) is 3.56. The van der Waals surface area contributed by atoms with Gasteiger partial charge in [0.15, 0.2) is 11.5 Å². The Morgan fingerprint density at radius 3 is 2.65 bits per heavy atom. The molecule has 1 unspecified atom stereocenters. The molecule has 5 heteroatoms. The Balaban J connectivity index is 2.13. The quantitative estimate of drug-likeness (QED) is 0.869. The predicted molar refractivity (Wildman–Crippen MR) is 77.4 cm³/mol. The van der Waals surface area contributed by atoms with Gasteiger partial charge in [-0.3, -0.25) is 0 Å². The summed E-state index contributed by atoms with van der Waals surface area (Å²) in [4.78, 5) is 11.8. The van der Waals surface area contributed by atoms with Crippen LogP contribution >= 0.6 is 0 Å². The molecular weight excluding hydrogens is 256 g/mol. The molecule has 0 fully saturated rings. The molecule has 0 radical (unpaired) electrons. The molecule has 1 atom stereocenters. The highest BCUT2D eigenvalue weighted by Gasteiger charge is 2.26. The largest absolute Gasteiger partial charge is 0.493 e. The highest BCUT2D eigenvalue weighted by molar-refractivity contribution is 5.74. The fraction of sp³-hybridized carbons (Fsp3) is 0.533. The zero-order valence-corrected chi connectivity index (χ0v) is 12.3. The van der Waals surface area contributed by atoms with Crippen LogP contribution < -0.4 is 20.1 Å². The summed E-state index contributed by atoms with van der Waals surface area (Å²) in [5.41, 5.74) is 2.33. The average molecular weight is 278 g/mol. The lowest BCUT2D eigenvalue weighted by Gasteiger charge is -2.16. The van der Waals surface area contributed by atoms with Crippen molar-refractivity contribution in [3.05, 3.63) is 23.3 Å². The van der Waals surface area contributed by atoms with Gasteiger partial charge < -0.3 is 20.1 Å². The molecular formula is C15H22N2O3.